The average Bonchev–Trinajstić information content (AvgIpc) is 3.69. The number of fused-ring (bicyclic) bond motifs is 3. The summed E-state index contributed by atoms with van der Waals surface area (Å²) in [5, 5.41) is 11.7. The van der Waals surface area contributed by atoms with E-state index in [0.717, 1.165) is 80.2 Å². The van der Waals surface area contributed by atoms with Crippen molar-refractivity contribution in [1.82, 2.24) is 35.4 Å². The van der Waals surface area contributed by atoms with Crippen molar-refractivity contribution in [2.75, 3.05) is 37.7 Å². The minimum Gasteiger partial charge on any atom is -0.461 e. The molecule has 7 heterocycles. The molecule has 1 atom stereocenters. The van der Waals surface area contributed by atoms with Crippen molar-refractivity contribution in [1.29, 1.82) is 0 Å². The maximum atomic E-state index is 16.7. The molecule has 4 aliphatic rings. The maximum Gasteiger partial charge on any atom is 0.319 e. The Morgan fingerprint density at radius 2 is 1.83 bits per heavy atom. The van der Waals surface area contributed by atoms with Crippen LogP contribution in [-0.4, -0.2) is 79.8 Å². The minimum absolute atomic E-state index is 0.0113. The first kappa shape index (κ1) is 25.8. The number of aryl methyl sites for hydroxylation is 1. The van der Waals surface area contributed by atoms with Crippen LogP contribution in [0.2, 0.25) is 0 Å². The highest BCUT2D eigenvalue weighted by molar-refractivity contribution is 5.99. The molecule has 0 bridgehead atoms. The predicted octanol–water partition coefficient (Wildman–Crippen LogP) is 4.19. The topological polar surface area (TPSA) is 112 Å². The Hall–Kier alpha value is -3.86. The molecular formula is C31H35FN8O2. The lowest BCUT2D eigenvalue weighted by atomic mass is 9.80. The number of halogens is 1. The monoisotopic (exact) mass is 570 g/mol. The smallest absolute Gasteiger partial charge is 0.319 e. The number of nitrogens with one attached hydrogen (secondary N) is 2. The molecule has 218 valence electrons. The molecule has 11 heteroatoms. The number of hydrogen-bond acceptors (Lipinski definition) is 8. The molecule has 0 radical (unpaired) electrons. The highest BCUT2D eigenvalue weighted by atomic mass is 19.1. The highest BCUT2D eigenvalue weighted by Gasteiger charge is 2.47. The van der Waals surface area contributed by atoms with Crippen molar-refractivity contribution in [3.05, 3.63) is 35.4 Å². The number of nitrogens with zero attached hydrogens (tertiary/aromatic N) is 6. The Balaban J connectivity index is 1.25. The van der Waals surface area contributed by atoms with E-state index in [1.54, 1.807) is 12.4 Å². The molecule has 1 unspecified atom stereocenters. The molecule has 2 N–H and O–H groups in total. The summed E-state index contributed by atoms with van der Waals surface area (Å²) in [6.07, 6.45) is 10.2. The third kappa shape index (κ3) is 3.89. The van der Waals surface area contributed by atoms with Gasteiger partial charge in [-0.25, -0.2) is 4.39 Å². The third-order valence-electron chi connectivity index (χ3n) is 10.2. The zero-order valence-electron chi connectivity index (χ0n) is 24.1. The molecule has 3 aromatic heterocycles. The molecule has 0 saturated carbocycles. The van der Waals surface area contributed by atoms with E-state index in [2.05, 4.69) is 30.3 Å². The zero-order valence-corrected chi connectivity index (χ0v) is 24.1. The van der Waals surface area contributed by atoms with Gasteiger partial charge in [0.05, 0.1) is 34.6 Å². The number of β-lactam (4-membered cyclic amide) rings is 1. The van der Waals surface area contributed by atoms with Gasteiger partial charge in [-0.1, -0.05) is 0 Å². The van der Waals surface area contributed by atoms with Gasteiger partial charge in [0.15, 0.2) is 5.82 Å². The first-order valence-corrected chi connectivity index (χ1v) is 15.1. The minimum atomic E-state index is -0.498. The SMILES string of the molecule is Cc1cc2[nH]ncc2c(-c2ncc3c(N4CCCC5(CC(=O)N5)C4)nc(OCC45CCCN4CCC5)nc3c2F)c1C. The molecule has 4 saturated heterocycles. The van der Waals surface area contributed by atoms with Crippen molar-refractivity contribution >= 4 is 33.5 Å². The van der Waals surface area contributed by atoms with Crippen molar-refractivity contribution in [3.63, 3.8) is 0 Å². The van der Waals surface area contributed by atoms with Crippen molar-refractivity contribution < 1.29 is 13.9 Å². The number of rotatable bonds is 5. The summed E-state index contributed by atoms with van der Waals surface area (Å²) in [6, 6.07) is 2.21. The van der Waals surface area contributed by atoms with Gasteiger partial charge in [0.2, 0.25) is 5.91 Å². The number of hydrogen-bond donors (Lipinski definition) is 2. The first-order valence-electron chi connectivity index (χ1n) is 15.1. The van der Waals surface area contributed by atoms with Crippen LogP contribution in [0.4, 0.5) is 10.2 Å². The van der Waals surface area contributed by atoms with E-state index in [4.69, 9.17) is 14.7 Å². The number of amides is 1. The number of H-pyrrole nitrogens is 1. The number of anilines is 1. The number of aromatic nitrogens is 5. The number of aromatic amines is 1. The lowest BCUT2D eigenvalue weighted by Gasteiger charge is -2.49. The summed E-state index contributed by atoms with van der Waals surface area (Å²) in [7, 11) is 0. The molecule has 1 aromatic carbocycles. The Labute approximate surface area is 243 Å². The number of carbonyl (C=O) groups is 1. The molecular weight excluding hydrogens is 535 g/mol. The summed E-state index contributed by atoms with van der Waals surface area (Å²) in [5.74, 6) is 0.180. The van der Waals surface area contributed by atoms with E-state index in [0.29, 0.717) is 36.3 Å². The Morgan fingerprint density at radius 3 is 2.62 bits per heavy atom. The number of piperidine rings is 1. The molecule has 4 aliphatic heterocycles. The van der Waals surface area contributed by atoms with Crippen LogP contribution in [0.15, 0.2) is 18.5 Å². The fourth-order valence-electron chi connectivity index (χ4n) is 7.94. The summed E-state index contributed by atoms with van der Waals surface area (Å²) < 4.78 is 23.1. The van der Waals surface area contributed by atoms with Crippen LogP contribution < -0.4 is 15.0 Å². The first-order chi connectivity index (χ1) is 20.3. The lowest BCUT2D eigenvalue weighted by Crippen LogP contribution is -2.68. The number of carbonyl (C=O) groups excluding carboxylic acids is 1. The van der Waals surface area contributed by atoms with Crippen LogP contribution >= 0.6 is 0 Å². The van der Waals surface area contributed by atoms with Crippen LogP contribution in [0, 0.1) is 19.7 Å². The maximum absolute atomic E-state index is 16.7. The second-order valence-corrected chi connectivity index (χ2v) is 12.8. The number of pyridine rings is 1. The van der Waals surface area contributed by atoms with Crippen LogP contribution in [0.5, 0.6) is 6.01 Å². The fraction of sp³-hybridized carbons (Fsp3) is 0.516. The van der Waals surface area contributed by atoms with Crippen LogP contribution in [0.3, 0.4) is 0 Å². The van der Waals surface area contributed by atoms with Gasteiger partial charge in [-0.05, 0) is 82.7 Å². The van der Waals surface area contributed by atoms with E-state index < -0.39 is 5.82 Å². The summed E-state index contributed by atoms with van der Waals surface area (Å²) >= 11 is 0. The molecule has 4 aromatic rings. The van der Waals surface area contributed by atoms with E-state index in [9.17, 15) is 4.79 Å². The molecule has 10 nitrogen and oxygen atoms in total. The quantitative estimate of drug-likeness (QED) is 0.344. The highest BCUT2D eigenvalue weighted by Crippen LogP contribution is 2.41. The van der Waals surface area contributed by atoms with Gasteiger partial charge >= 0.3 is 6.01 Å². The van der Waals surface area contributed by atoms with Gasteiger partial charge < -0.3 is 15.0 Å². The van der Waals surface area contributed by atoms with Crippen molar-refractivity contribution in [3.8, 4) is 17.3 Å². The van der Waals surface area contributed by atoms with Gasteiger partial charge in [0.1, 0.15) is 23.6 Å². The zero-order chi connectivity index (χ0) is 28.6. The summed E-state index contributed by atoms with van der Waals surface area (Å²) in [4.78, 5) is 30.8. The van der Waals surface area contributed by atoms with Gasteiger partial charge in [-0.15, -0.1) is 0 Å². The second-order valence-electron chi connectivity index (χ2n) is 12.8. The van der Waals surface area contributed by atoms with Gasteiger partial charge in [-0.3, -0.25) is 19.8 Å². The molecule has 8 rings (SSSR count). The standard InChI is InChI=1S/C31H35FN8O2/c1-18-12-22-20(15-34-38-22)24(19(18)2)27-25(32)26-21(14-33-27)28(39-9-3-6-30(16-39)13-23(41)37-30)36-29(35-26)42-17-31-7-4-10-40(31)11-5-8-31/h12,14-15H,3-11,13,16-17H2,1-2H3,(H,34,38)(H,37,41). The van der Waals surface area contributed by atoms with Crippen LogP contribution in [0.25, 0.3) is 33.1 Å². The molecule has 4 fully saturated rings. The normalized spacial score (nSPS) is 23.5. The van der Waals surface area contributed by atoms with Crippen molar-refractivity contribution in [2.24, 2.45) is 0 Å². The second kappa shape index (κ2) is 9.32. The summed E-state index contributed by atoms with van der Waals surface area (Å²) in [5.41, 5.74) is 3.69. The lowest BCUT2D eigenvalue weighted by molar-refractivity contribution is -0.133. The van der Waals surface area contributed by atoms with E-state index in [1.165, 1.54) is 0 Å². The van der Waals surface area contributed by atoms with Gasteiger partial charge in [0.25, 0.3) is 0 Å². The molecule has 1 amide bonds. The molecule has 0 aliphatic carbocycles. The Bertz CT molecular complexity index is 1730. The molecule has 42 heavy (non-hydrogen) atoms. The van der Waals surface area contributed by atoms with E-state index in [1.807, 2.05) is 19.9 Å². The fourth-order valence-corrected chi connectivity index (χ4v) is 7.94. The predicted molar refractivity (Wildman–Crippen MR) is 157 cm³/mol. The van der Waals surface area contributed by atoms with E-state index >= 15 is 4.39 Å². The Morgan fingerprint density at radius 1 is 1.05 bits per heavy atom. The Kier molecular flexibility index (Phi) is 5.73. The largest absolute Gasteiger partial charge is 0.461 e. The van der Waals surface area contributed by atoms with Crippen LogP contribution in [0.1, 0.15) is 56.1 Å². The van der Waals surface area contributed by atoms with E-state index in [-0.39, 0.29) is 34.2 Å². The average molecular weight is 571 g/mol. The number of benzene rings is 1. The molecule has 1 spiro atoms. The third-order valence-corrected chi connectivity index (χ3v) is 10.2. The van der Waals surface area contributed by atoms with Crippen LogP contribution in [-0.2, 0) is 4.79 Å². The van der Waals surface area contributed by atoms with Crippen molar-refractivity contribution in [2.45, 2.75) is 69.9 Å². The summed E-state index contributed by atoms with van der Waals surface area (Å²) in [6.45, 7) is 8.02. The van der Waals surface area contributed by atoms with Gasteiger partial charge in [0, 0.05) is 30.2 Å². The number of ether oxygens (including phenoxy) is 1. The van der Waals surface area contributed by atoms with Gasteiger partial charge in [-0.2, -0.15) is 15.1 Å².